The molecule has 1 rings (SSSR count). The highest BCUT2D eigenvalue weighted by Gasteiger charge is 2.15. The molecule has 0 N–H and O–H groups in total. The first kappa shape index (κ1) is 9.81. The van der Waals surface area contributed by atoms with Crippen molar-refractivity contribution in [2.24, 2.45) is 0 Å². The SMILES string of the molecule is C[S+](Br)CC(=O)c1ccccc1. The van der Waals surface area contributed by atoms with Gasteiger partial charge in [0.1, 0.15) is 6.26 Å². The summed E-state index contributed by atoms with van der Waals surface area (Å²) in [6.07, 6.45) is 2.00. The highest BCUT2D eigenvalue weighted by atomic mass is 79.9. The van der Waals surface area contributed by atoms with Crippen LogP contribution in [-0.2, 0) is 9.33 Å². The Hall–Kier alpha value is -0.280. The van der Waals surface area contributed by atoms with Gasteiger partial charge in [-0.15, -0.1) is 0 Å². The Bertz CT molecular complexity index is 258. The minimum absolute atomic E-state index is 0.0168. The average molecular weight is 246 g/mol. The van der Waals surface area contributed by atoms with Crippen LogP contribution in [0.2, 0.25) is 0 Å². The number of hydrogen-bond donors (Lipinski definition) is 0. The number of Topliss-reactive ketones (excluding diaryl/α,β-unsaturated/α-hetero) is 1. The fourth-order valence-electron chi connectivity index (χ4n) is 0.888. The first-order valence-electron chi connectivity index (χ1n) is 3.57. The second-order valence-corrected chi connectivity index (χ2v) is 7.19. The van der Waals surface area contributed by atoms with E-state index < -0.39 is 0 Å². The van der Waals surface area contributed by atoms with Gasteiger partial charge in [-0.05, 0) is 0 Å². The summed E-state index contributed by atoms with van der Waals surface area (Å²) in [6.45, 7) is 0. The summed E-state index contributed by atoms with van der Waals surface area (Å²) >= 11 is 3.38. The number of ketones is 1. The molecular formula is C9H10BrOS+. The average Bonchev–Trinajstić information content (AvgIpc) is 2.05. The molecule has 0 saturated carbocycles. The molecule has 0 heterocycles. The summed E-state index contributed by atoms with van der Waals surface area (Å²) in [4.78, 5) is 11.4. The van der Waals surface area contributed by atoms with Gasteiger partial charge < -0.3 is 0 Å². The van der Waals surface area contributed by atoms with E-state index in [0.29, 0.717) is 5.75 Å². The molecule has 0 amide bonds. The molecule has 1 unspecified atom stereocenters. The van der Waals surface area contributed by atoms with Gasteiger partial charge in [-0.25, -0.2) is 0 Å². The third-order valence-corrected chi connectivity index (χ3v) is 2.77. The third-order valence-electron chi connectivity index (χ3n) is 1.43. The van der Waals surface area contributed by atoms with Gasteiger partial charge in [0.25, 0.3) is 0 Å². The Labute approximate surface area is 82.7 Å². The van der Waals surface area contributed by atoms with Crippen LogP contribution in [0, 0.1) is 0 Å². The normalized spacial score (nSPS) is 12.5. The maximum Gasteiger partial charge on any atom is 0.232 e. The molecule has 0 aliphatic heterocycles. The quantitative estimate of drug-likeness (QED) is 0.591. The van der Waals surface area contributed by atoms with Crippen molar-refractivity contribution in [2.45, 2.75) is 0 Å². The van der Waals surface area contributed by atoms with E-state index in [1.807, 2.05) is 36.6 Å². The molecule has 1 atom stereocenters. The van der Waals surface area contributed by atoms with Gasteiger partial charge in [0, 0.05) is 5.56 Å². The van der Waals surface area contributed by atoms with Gasteiger partial charge in [0.05, 0.1) is 9.33 Å². The number of carbonyl (C=O) groups is 1. The van der Waals surface area contributed by atoms with Crippen LogP contribution in [-0.4, -0.2) is 17.8 Å². The summed E-state index contributed by atoms with van der Waals surface area (Å²) in [5.74, 6) is 0.794. The lowest BCUT2D eigenvalue weighted by atomic mass is 10.2. The minimum atomic E-state index is 0.0168. The Morgan fingerprint density at radius 2 is 2.00 bits per heavy atom. The van der Waals surface area contributed by atoms with Gasteiger partial charge in [0.15, 0.2) is 5.75 Å². The Balaban J connectivity index is 2.66. The molecular weight excluding hydrogens is 236 g/mol. The predicted molar refractivity (Wildman–Crippen MR) is 57.9 cm³/mol. The van der Waals surface area contributed by atoms with Crippen molar-refractivity contribution in [3.8, 4) is 0 Å². The lowest BCUT2D eigenvalue weighted by Crippen LogP contribution is -2.09. The Morgan fingerprint density at radius 3 is 2.50 bits per heavy atom. The highest BCUT2D eigenvalue weighted by molar-refractivity contribution is 9.48. The van der Waals surface area contributed by atoms with Crippen LogP contribution >= 0.6 is 14.8 Å². The van der Waals surface area contributed by atoms with E-state index in [-0.39, 0.29) is 15.1 Å². The minimum Gasteiger partial charge on any atom is -0.289 e. The topological polar surface area (TPSA) is 17.1 Å². The number of hydrogen-bond acceptors (Lipinski definition) is 1. The molecule has 12 heavy (non-hydrogen) atoms. The van der Waals surface area contributed by atoms with Crippen LogP contribution in [0.4, 0.5) is 0 Å². The Kier molecular flexibility index (Phi) is 3.82. The van der Waals surface area contributed by atoms with E-state index in [1.54, 1.807) is 0 Å². The molecule has 0 bridgehead atoms. The van der Waals surface area contributed by atoms with E-state index in [9.17, 15) is 4.79 Å². The van der Waals surface area contributed by atoms with Crippen molar-refractivity contribution in [3.05, 3.63) is 35.9 Å². The number of carbonyl (C=O) groups excluding carboxylic acids is 1. The van der Waals surface area contributed by atoms with Crippen LogP contribution in [0.3, 0.4) is 0 Å². The molecule has 0 spiro atoms. The monoisotopic (exact) mass is 245 g/mol. The molecule has 0 aliphatic rings. The molecule has 1 aromatic carbocycles. The fraction of sp³-hybridized carbons (Fsp3) is 0.222. The first-order valence-corrected chi connectivity index (χ1v) is 7.21. The maximum atomic E-state index is 11.4. The zero-order chi connectivity index (χ0) is 8.97. The predicted octanol–water partition coefficient (Wildman–Crippen LogP) is 2.43. The van der Waals surface area contributed by atoms with E-state index in [0.717, 1.165) is 5.56 Å². The molecule has 0 fully saturated rings. The third kappa shape index (κ3) is 2.99. The molecule has 0 radical (unpaired) electrons. The number of halogens is 1. The number of benzene rings is 1. The standard InChI is InChI=1S/C9H10BrOS/c1-12(10)7-9(11)8-5-3-2-4-6-8/h2-6H,7H2,1H3/q+1. The van der Waals surface area contributed by atoms with Gasteiger partial charge in [-0.2, -0.15) is 0 Å². The van der Waals surface area contributed by atoms with Crippen molar-refractivity contribution in [2.75, 3.05) is 12.0 Å². The van der Waals surface area contributed by atoms with Crippen LogP contribution in [0.1, 0.15) is 10.4 Å². The maximum absolute atomic E-state index is 11.4. The summed E-state index contributed by atoms with van der Waals surface area (Å²) in [5, 5.41) is 0. The molecule has 0 aliphatic carbocycles. The van der Waals surface area contributed by atoms with E-state index in [2.05, 4.69) is 14.8 Å². The molecule has 64 valence electrons. The van der Waals surface area contributed by atoms with E-state index in [1.165, 1.54) is 0 Å². The molecule has 1 aromatic rings. The lowest BCUT2D eigenvalue weighted by Gasteiger charge is -1.95. The molecule has 0 saturated heterocycles. The van der Waals surface area contributed by atoms with Gasteiger partial charge in [-0.1, -0.05) is 30.3 Å². The second-order valence-electron chi connectivity index (χ2n) is 2.49. The zero-order valence-corrected chi connectivity index (χ0v) is 9.19. The second kappa shape index (κ2) is 4.67. The van der Waals surface area contributed by atoms with Gasteiger partial charge >= 0.3 is 0 Å². The van der Waals surface area contributed by atoms with Crippen molar-refractivity contribution in [3.63, 3.8) is 0 Å². The smallest absolute Gasteiger partial charge is 0.232 e. The van der Waals surface area contributed by atoms with E-state index in [4.69, 9.17) is 0 Å². The van der Waals surface area contributed by atoms with Crippen LogP contribution in [0.5, 0.6) is 0 Å². The zero-order valence-electron chi connectivity index (χ0n) is 6.79. The molecule has 3 heteroatoms. The van der Waals surface area contributed by atoms with Crippen molar-refractivity contribution >= 4 is 29.9 Å². The summed E-state index contributed by atoms with van der Waals surface area (Å²) in [7, 11) is 0.0168. The molecule has 0 aromatic heterocycles. The van der Waals surface area contributed by atoms with Gasteiger partial charge in [0.2, 0.25) is 20.6 Å². The number of rotatable bonds is 3. The van der Waals surface area contributed by atoms with Crippen molar-refractivity contribution < 1.29 is 4.79 Å². The van der Waals surface area contributed by atoms with Crippen molar-refractivity contribution in [1.29, 1.82) is 0 Å². The van der Waals surface area contributed by atoms with Gasteiger partial charge in [-0.3, -0.25) is 4.79 Å². The molecule has 1 nitrogen and oxygen atoms in total. The largest absolute Gasteiger partial charge is 0.289 e. The summed E-state index contributed by atoms with van der Waals surface area (Å²) in [5.41, 5.74) is 0.802. The van der Waals surface area contributed by atoms with Crippen LogP contribution in [0.25, 0.3) is 0 Å². The van der Waals surface area contributed by atoms with Crippen LogP contribution < -0.4 is 0 Å². The first-order chi connectivity index (χ1) is 5.70. The fourth-order valence-corrected chi connectivity index (χ4v) is 2.04. The van der Waals surface area contributed by atoms with Crippen molar-refractivity contribution in [1.82, 2.24) is 0 Å². The van der Waals surface area contributed by atoms with Crippen LogP contribution in [0.15, 0.2) is 30.3 Å². The highest BCUT2D eigenvalue weighted by Crippen LogP contribution is 2.06. The lowest BCUT2D eigenvalue weighted by molar-refractivity contribution is 0.102. The summed E-state index contributed by atoms with van der Waals surface area (Å²) in [6, 6.07) is 9.38. The Morgan fingerprint density at radius 1 is 1.42 bits per heavy atom. The summed E-state index contributed by atoms with van der Waals surface area (Å²) < 4.78 is 0. The van der Waals surface area contributed by atoms with E-state index >= 15 is 0 Å².